The van der Waals surface area contributed by atoms with E-state index < -0.39 is 17.7 Å². The number of nitrogens with two attached hydrogens (primary N) is 1. The maximum Gasteiger partial charge on any atom is 0.418 e. The number of hydrogen-bond acceptors (Lipinski definition) is 7. The number of anilines is 5. The smallest absolute Gasteiger partial charge is 0.418 e. The molecule has 1 heterocycles. The summed E-state index contributed by atoms with van der Waals surface area (Å²) in [4.78, 5) is 20.0. The fraction of sp³-hybridized carbons (Fsp3) is 0.227. The highest BCUT2D eigenvalue weighted by molar-refractivity contribution is 5.90. The van der Waals surface area contributed by atoms with E-state index in [1.54, 1.807) is 24.3 Å². The molecule has 0 bridgehead atoms. The van der Waals surface area contributed by atoms with Crippen LogP contribution in [0.2, 0.25) is 0 Å². The van der Waals surface area contributed by atoms with Gasteiger partial charge in [0, 0.05) is 5.69 Å². The van der Waals surface area contributed by atoms with Crippen molar-refractivity contribution < 1.29 is 22.7 Å². The predicted octanol–water partition coefficient (Wildman–Crippen LogP) is 5.38. The van der Waals surface area contributed by atoms with Crippen molar-refractivity contribution in [3.8, 4) is 0 Å². The number of halogens is 3. The van der Waals surface area contributed by atoms with E-state index in [0.29, 0.717) is 17.9 Å². The molecule has 0 aliphatic heterocycles. The van der Waals surface area contributed by atoms with Gasteiger partial charge in [-0.2, -0.15) is 13.2 Å². The molecule has 7 nitrogen and oxygen atoms in total. The van der Waals surface area contributed by atoms with Gasteiger partial charge in [-0.25, -0.2) is 14.8 Å². The Labute approximate surface area is 182 Å². The molecule has 0 saturated heterocycles. The zero-order valence-corrected chi connectivity index (χ0v) is 17.4. The number of carbonyl (C=O) groups excluding carboxylic acids is 1. The average molecular weight is 445 g/mol. The van der Waals surface area contributed by atoms with E-state index in [1.807, 2.05) is 13.8 Å². The number of benzene rings is 2. The van der Waals surface area contributed by atoms with Gasteiger partial charge in [-0.15, -0.1) is 0 Å². The first-order chi connectivity index (χ1) is 15.1. The van der Waals surface area contributed by atoms with E-state index in [0.717, 1.165) is 6.07 Å². The Morgan fingerprint density at radius 1 is 1.03 bits per heavy atom. The Morgan fingerprint density at radius 2 is 1.66 bits per heavy atom. The van der Waals surface area contributed by atoms with Crippen LogP contribution in [0, 0.1) is 5.92 Å². The lowest BCUT2D eigenvalue weighted by Crippen LogP contribution is -2.11. The zero-order chi connectivity index (χ0) is 23.3. The summed E-state index contributed by atoms with van der Waals surface area (Å²) >= 11 is 0. The lowest BCUT2D eigenvalue weighted by Gasteiger charge is -2.16. The van der Waals surface area contributed by atoms with Gasteiger partial charge in [-0.3, -0.25) is 0 Å². The number of ether oxygens (including phenoxy) is 1. The van der Waals surface area contributed by atoms with Gasteiger partial charge in [-0.1, -0.05) is 26.0 Å². The third kappa shape index (κ3) is 5.65. The van der Waals surface area contributed by atoms with Gasteiger partial charge in [0.15, 0.2) is 11.6 Å². The number of nitrogen functional groups attached to an aromatic ring is 1. The van der Waals surface area contributed by atoms with Crippen LogP contribution in [0.4, 0.5) is 41.9 Å². The van der Waals surface area contributed by atoms with Gasteiger partial charge in [0.05, 0.1) is 23.4 Å². The first-order valence-corrected chi connectivity index (χ1v) is 9.73. The molecule has 0 atom stereocenters. The molecule has 0 radical (unpaired) electrons. The normalized spacial score (nSPS) is 11.3. The van der Waals surface area contributed by atoms with Crippen molar-refractivity contribution in [1.82, 2.24) is 9.97 Å². The average Bonchev–Trinajstić information content (AvgIpc) is 2.75. The minimum absolute atomic E-state index is 0.0214. The fourth-order valence-electron chi connectivity index (χ4n) is 2.71. The number of nitrogens with zero attached hydrogens (tertiary/aromatic N) is 2. The molecule has 0 amide bonds. The maximum absolute atomic E-state index is 13.2. The summed E-state index contributed by atoms with van der Waals surface area (Å²) in [7, 11) is 0. The first kappa shape index (κ1) is 22.9. The van der Waals surface area contributed by atoms with Crippen molar-refractivity contribution in [3.05, 3.63) is 66.0 Å². The van der Waals surface area contributed by atoms with E-state index >= 15 is 0 Å². The second-order valence-corrected chi connectivity index (χ2v) is 7.35. The monoisotopic (exact) mass is 445 g/mol. The van der Waals surface area contributed by atoms with Gasteiger partial charge >= 0.3 is 12.1 Å². The van der Waals surface area contributed by atoms with E-state index in [2.05, 4.69) is 20.6 Å². The van der Waals surface area contributed by atoms with Crippen LogP contribution in [0.5, 0.6) is 0 Å². The molecule has 32 heavy (non-hydrogen) atoms. The van der Waals surface area contributed by atoms with Crippen LogP contribution < -0.4 is 16.4 Å². The molecule has 0 unspecified atom stereocenters. The fourth-order valence-corrected chi connectivity index (χ4v) is 2.71. The van der Waals surface area contributed by atoms with Crippen molar-refractivity contribution in [3.63, 3.8) is 0 Å². The molecule has 0 saturated carbocycles. The van der Waals surface area contributed by atoms with E-state index in [-0.39, 0.29) is 28.9 Å². The molecule has 2 aromatic carbocycles. The summed E-state index contributed by atoms with van der Waals surface area (Å²) < 4.78 is 44.9. The molecule has 1 aromatic heterocycles. The second kappa shape index (κ2) is 9.54. The van der Waals surface area contributed by atoms with Crippen molar-refractivity contribution in [1.29, 1.82) is 0 Å². The third-order valence-electron chi connectivity index (χ3n) is 4.30. The number of aromatic nitrogens is 2. The second-order valence-electron chi connectivity index (χ2n) is 7.35. The van der Waals surface area contributed by atoms with Gasteiger partial charge < -0.3 is 21.1 Å². The van der Waals surface area contributed by atoms with Crippen LogP contribution in [0.25, 0.3) is 0 Å². The van der Waals surface area contributed by atoms with Crippen molar-refractivity contribution in [2.24, 2.45) is 5.92 Å². The summed E-state index contributed by atoms with van der Waals surface area (Å²) in [6.45, 7) is 4.21. The Kier molecular flexibility index (Phi) is 6.82. The summed E-state index contributed by atoms with van der Waals surface area (Å²) in [5, 5.41) is 5.59. The molecule has 0 spiro atoms. The summed E-state index contributed by atoms with van der Waals surface area (Å²) in [5.41, 5.74) is 6.04. The largest absolute Gasteiger partial charge is 0.462 e. The topological polar surface area (TPSA) is 102 Å². The van der Waals surface area contributed by atoms with Crippen molar-refractivity contribution in [2.45, 2.75) is 20.0 Å². The molecule has 0 aliphatic carbocycles. The van der Waals surface area contributed by atoms with Gasteiger partial charge in [0.2, 0.25) is 0 Å². The highest BCUT2D eigenvalue weighted by Gasteiger charge is 2.33. The summed E-state index contributed by atoms with van der Waals surface area (Å²) in [5.74, 6) is 0.0170. The van der Waals surface area contributed by atoms with E-state index in [9.17, 15) is 18.0 Å². The Balaban J connectivity index is 1.76. The van der Waals surface area contributed by atoms with Crippen molar-refractivity contribution in [2.75, 3.05) is 23.0 Å². The minimum Gasteiger partial charge on any atom is -0.462 e. The van der Waals surface area contributed by atoms with Crippen LogP contribution >= 0.6 is 0 Å². The molecule has 3 rings (SSSR count). The molecule has 10 heteroatoms. The standard InChI is InChI=1S/C22H22F3N5O2/c1-13(2)11-32-21(31)14-7-9-15(10-8-14)29-19-18(26)20(28-12-27-19)30-17-6-4-3-5-16(17)22(23,24)25/h3-10,12-13H,11,26H2,1-2H3,(H2,27,28,29,30). The highest BCUT2D eigenvalue weighted by atomic mass is 19.4. The molecule has 4 N–H and O–H groups in total. The number of rotatable bonds is 7. The zero-order valence-electron chi connectivity index (χ0n) is 17.4. The number of esters is 1. The van der Waals surface area contributed by atoms with Crippen LogP contribution in [-0.2, 0) is 10.9 Å². The molecular weight excluding hydrogens is 423 g/mol. The molecular formula is C22H22F3N5O2. The van der Waals surface area contributed by atoms with Gasteiger partial charge in [0.25, 0.3) is 0 Å². The quantitative estimate of drug-likeness (QED) is 0.420. The molecule has 168 valence electrons. The highest BCUT2D eigenvalue weighted by Crippen LogP contribution is 2.37. The van der Waals surface area contributed by atoms with Crippen LogP contribution in [0.3, 0.4) is 0 Å². The van der Waals surface area contributed by atoms with Crippen LogP contribution in [0.15, 0.2) is 54.9 Å². The van der Waals surface area contributed by atoms with Crippen LogP contribution in [-0.4, -0.2) is 22.5 Å². The summed E-state index contributed by atoms with van der Waals surface area (Å²) in [6.07, 6.45) is -3.36. The maximum atomic E-state index is 13.2. The summed E-state index contributed by atoms with van der Waals surface area (Å²) in [6, 6.07) is 11.5. The number of hydrogen-bond donors (Lipinski definition) is 3. The molecule has 0 aliphatic rings. The molecule has 0 fully saturated rings. The Bertz CT molecular complexity index is 1090. The number of carbonyl (C=O) groups is 1. The molecule has 3 aromatic rings. The van der Waals surface area contributed by atoms with Crippen LogP contribution in [0.1, 0.15) is 29.8 Å². The third-order valence-corrected chi connectivity index (χ3v) is 4.30. The Hall–Kier alpha value is -3.82. The van der Waals surface area contributed by atoms with Gasteiger partial charge in [0.1, 0.15) is 12.0 Å². The van der Waals surface area contributed by atoms with E-state index in [4.69, 9.17) is 10.5 Å². The Morgan fingerprint density at radius 3 is 2.28 bits per heavy atom. The SMILES string of the molecule is CC(C)COC(=O)c1ccc(Nc2ncnc(Nc3ccccc3C(F)(F)F)c2N)cc1. The minimum atomic E-state index is -4.54. The number of nitrogens with one attached hydrogen (secondary N) is 2. The number of alkyl halides is 3. The number of para-hydroxylation sites is 1. The van der Waals surface area contributed by atoms with Crippen molar-refractivity contribution >= 4 is 34.7 Å². The lowest BCUT2D eigenvalue weighted by atomic mass is 10.1. The lowest BCUT2D eigenvalue weighted by molar-refractivity contribution is -0.136. The van der Waals surface area contributed by atoms with E-state index in [1.165, 1.54) is 24.5 Å². The predicted molar refractivity (Wildman–Crippen MR) is 116 cm³/mol. The van der Waals surface area contributed by atoms with Gasteiger partial charge in [-0.05, 0) is 42.3 Å². The first-order valence-electron chi connectivity index (χ1n) is 9.73.